The molecule has 1 heterocycles. The molecule has 6 nitrogen and oxygen atoms in total. The highest BCUT2D eigenvalue weighted by Gasteiger charge is 2.30. The molecule has 1 amide bonds. The number of halogens is 1. The van der Waals surface area contributed by atoms with Crippen LogP contribution in [-0.4, -0.2) is 56.3 Å². The van der Waals surface area contributed by atoms with Crippen molar-refractivity contribution >= 4 is 27.5 Å². The minimum absolute atomic E-state index is 0.0353. The molecule has 0 N–H and O–H groups in total. The molecule has 0 unspecified atom stereocenters. The zero-order valence-electron chi connectivity index (χ0n) is 15.7. The first-order chi connectivity index (χ1) is 13.4. The maximum absolute atomic E-state index is 12.7. The van der Waals surface area contributed by atoms with Crippen LogP contribution in [0.3, 0.4) is 0 Å². The Labute approximate surface area is 170 Å². The molecular formula is C20H23ClN2O4S. The van der Waals surface area contributed by atoms with E-state index in [0.29, 0.717) is 24.7 Å². The first-order valence-electron chi connectivity index (χ1n) is 9.09. The first kappa shape index (κ1) is 20.6. The summed E-state index contributed by atoms with van der Waals surface area (Å²) < 4.78 is 32.4. The lowest BCUT2D eigenvalue weighted by Gasteiger charge is -2.34. The predicted octanol–water partition coefficient (Wildman–Crippen LogP) is 2.95. The third kappa shape index (κ3) is 5.04. The van der Waals surface area contributed by atoms with Gasteiger partial charge in [0.1, 0.15) is 5.75 Å². The predicted molar refractivity (Wildman–Crippen MR) is 108 cm³/mol. The second kappa shape index (κ2) is 8.94. The molecule has 2 aromatic rings. The number of sulfonamides is 1. The number of piperazine rings is 1. The van der Waals surface area contributed by atoms with Crippen molar-refractivity contribution in [1.29, 1.82) is 0 Å². The zero-order valence-corrected chi connectivity index (χ0v) is 17.2. The van der Waals surface area contributed by atoms with Crippen molar-refractivity contribution in [2.24, 2.45) is 0 Å². The van der Waals surface area contributed by atoms with E-state index >= 15 is 0 Å². The number of hydrogen-bond acceptors (Lipinski definition) is 4. The number of aryl methyl sites for hydroxylation is 1. The molecule has 3 rings (SSSR count). The van der Waals surface area contributed by atoms with Crippen LogP contribution in [0.15, 0.2) is 53.4 Å². The maximum atomic E-state index is 12.7. The number of benzene rings is 2. The number of rotatable bonds is 6. The van der Waals surface area contributed by atoms with Crippen molar-refractivity contribution in [3.63, 3.8) is 0 Å². The van der Waals surface area contributed by atoms with Crippen LogP contribution in [0.25, 0.3) is 0 Å². The standard InChI is InChI=1S/C20H23ClN2O4S/c1-16-5-7-18(8-6-16)27-14-9-20(24)22-10-12-23(13-11-22)28(25,26)19-4-2-3-17(21)15-19/h2-8,15H,9-14H2,1H3. The normalized spacial score (nSPS) is 15.4. The summed E-state index contributed by atoms with van der Waals surface area (Å²) in [6, 6.07) is 13.9. The van der Waals surface area contributed by atoms with E-state index < -0.39 is 10.0 Å². The number of hydrogen-bond donors (Lipinski definition) is 0. The zero-order chi connectivity index (χ0) is 20.1. The van der Waals surface area contributed by atoms with Crippen LogP contribution in [0.2, 0.25) is 5.02 Å². The van der Waals surface area contributed by atoms with Gasteiger partial charge in [0.2, 0.25) is 15.9 Å². The fourth-order valence-electron chi connectivity index (χ4n) is 3.00. The highest BCUT2D eigenvalue weighted by Crippen LogP contribution is 2.21. The van der Waals surface area contributed by atoms with Crippen molar-refractivity contribution < 1.29 is 17.9 Å². The van der Waals surface area contributed by atoms with Crippen LogP contribution in [0.4, 0.5) is 0 Å². The Morgan fingerprint density at radius 2 is 1.75 bits per heavy atom. The lowest BCUT2D eigenvalue weighted by molar-refractivity contribution is -0.132. The largest absolute Gasteiger partial charge is 0.493 e. The molecule has 1 aliphatic heterocycles. The molecule has 1 fully saturated rings. The van der Waals surface area contributed by atoms with Gasteiger partial charge in [0.15, 0.2) is 0 Å². The van der Waals surface area contributed by atoms with Gasteiger partial charge < -0.3 is 9.64 Å². The van der Waals surface area contributed by atoms with E-state index in [0.717, 1.165) is 11.3 Å². The molecule has 150 valence electrons. The van der Waals surface area contributed by atoms with Gasteiger partial charge in [0.05, 0.1) is 17.9 Å². The van der Waals surface area contributed by atoms with E-state index in [-0.39, 0.29) is 30.3 Å². The molecule has 0 aliphatic carbocycles. The van der Waals surface area contributed by atoms with Crippen molar-refractivity contribution in [3.8, 4) is 5.75 Å². The molecule has 0 bridgehead atoms. The third-order valence-corrected chi connectivity index (χ3v) is 6.76. The maximum Gasteiger partial charge on any atom is 0.243 e. The van der Waals surface area contributed by atoms with Gasteiger partial charge in [-0.05, 0) is 37.3 Å². The monoisotopic (exact) mass is 422 g/mol. The van der Waals surface area contributed by atoms with Crippen LogP contribution < -0.4 is 4.74 Å². The van der Waals surface area contributed by atoms with E-state index in [2.05, 4.69) is 0 Å². The smallest absolute Gasteiger partial charge is 0.243 e. The first-order valence-corrected chi connectivity index (χ1v) is 10.9. The van der Waals surface area contributed by atoms with E-state index in [1.165, 1.54) is 16.4 Å². The Hall–Kier alpha value is -2.09. The van der Waals surface area contributed by atoms with Crippen LogP contribution in [-0.2, 0) is 14.8 Å². The fraction of sp³-hybridized carbons (Fsp3) is 0.350. The van der Waals surface area contributed by atoms with Crippen molar-refractivity contribution in [2.75, 3.05) is 32.8 Å². The average molecular weight is 423 g/mol. The molecule has 1 saturated heterocycles. The lowest BCUT2D eigenvalue weighted by Crippen LogP contribution is -2.50. The van der Waals surface area contributed by atoms with Gasteiger partial charge in [-0.25, -0.2) is 8.42 Å². The van der Waals surface area contributed by atoms with Crippen molar-refractivity contribution in [3.05, 3.63) is 59.1 Å². The molecule has 0 spiro atoms. The van der Waals surface area contributed by atoms with E-state index in [4.69, 9.17) is 16.3 Å². The van der Waals surface area contributed by atoms with E-state index in [1.54, 1.807) is 17.0 Å². The second-order valence-electron chi connectivity index (χ2n) is 6.65. The Morgan fingerprint density at radius 1 is 1.07 bits per heavy atom. The average Bonchev–Trinajstić information content (AvgIpc) is 2.69. The summed E-state index contributed by atoms with van der Waals surface area (Å²) in [4.78, 5) is 14.2. The fourth-order valence-corrected chi connectivity index (χ4v) is 4.73. The summed E-state index contributed by atoms with van der Waals surface area (Å²) in [6.07, 6.45) is 0.259. The highest BCUT2D eigenvalue weighted by molar-refractivity contribution is 7.89. The van der Waals surface area contributed by atoms with Crippen molar-refractivity contribution in [1.82, 2.24) is 9.21 Å². The van der Waals surface area contributed by atoms with Gasteiger partial charge in [-0.15, -0.1) is 0 Å². The summed E-state index contributed by atoms with van der Waals surface area (Å²) in [7, 11) is -3.60. The van der Waals surface area contributed by atoms with Gasteiger partial charge >= 0.3 is 0 Å². The van der Waals surface area contributed by atoms with Crippen LogP contribution in [0, 0.1) is 6.92 Å². The van der Waals surface area contributed by atoms with Gasteiger partial charge in [0.25, 0.3) is 0 Å². The van der Waals surface area contributed by atoms with Gasteiger partial charge in [-0.1, -0.05) is 35.4 Å². The van der Waals surface area contributed by atoms with Crippen molar-refractivity contribution in [2.45, 2.75) is 18.2 Å². The number of nitrogens with zero attached hydrogens (tertiary/aromatic N) is 2. The van der Waals surface area contributed by atoms with Crippen LogP contribution in [0.5, 0.6) is 5.75 Å². The van der Waals surface area contributed by atoms with Crippen LogP contribution >= 0.6 is 11.6 Å². The molecule has 0 aromatic heterocycles. The number of ether oxygens (including phenoxy) is 1. The second-order valence-corrected chi connectivity index (χ2v) is 9.03. The quantitative estimate of drug-likeness (QED) is 0.717. The molecule has 2 aromatic carbocycles. The lowest BCUT2D eigenvalue weighted by atomic mass is 10.2. The third-order valence-electron chi connectivity index (χ3n) is 4.63. The van der Waals surface area contributed by atoms with E-state index in [1.807, 2.05) is 31.2 Å². The number of carbonyl (C=O) groups excluding carboxylic acids is 1. The summed E-state index contributed by atoms with van der Waals surface area (Å²) in [6.45, 7) is 3.55. The van der Waals surface area contributed by atoms with Gasteiger partial charge in [-0.3, -0.25) is 4.79 Å². The minimum atomic E-state index is -3.60. The Morgan fingerprint density at radius 3 is 2.39 bits per heavy atom. The topological polar surface area (TPSA) is 66.9 Å². The Kier molecular flexibility index (Phi) is 6.59. The Balaban J connectivity index is 1.49. The number of carbonyl (C=O) groups is 1. The summed E-state index contributed by atoms with van der Waals surface area (Å²) in [5.41, 5.74) is 1.15. The van der Waals surface area contributed by atoms with E-state index in [9.17, 15) is 13.2 Å². The summed E-state index contributed by atoms with van der Waals surface area (Å²) in [5, 5.41) is 0.378. The Bertz CT molecular complexity index is 923. The molecule has 1 aliphatic rings. The molecule has 0 atom stereocenters. The van der Waals surface area contributed by atoms with Gasteiger partial charge in [0, 0.05) is 31.2 Å². The molecule has 0 saturated carbocycles. The molecule has 28 heavy (non-hydrogen) atoms. The summed E-state index contributed by atoms with van der Waals surface area (Å²) in [5.74, 6) is 0.697. The molecular weight excluding hydrogens is 400 g/mol. The highest BCUT2D eigenvalue weighted by atomic mass is 35.5. The number of amides is 1. The van der Waals surface area contributed by atoms with Gasteiger partial charge in [-0.2, -0.15) is 4.31 Å². The molecule has 8 heteroatoms. The summed E-state index contributed by atoms with van der Waals surface area (Å²) >= 11 is 5.91. The SMILES string of the molecule is Cc1ccc(OCCC(=O)N2CCN(S(=O)(=O)c3cccc(Cl)c3)CC2)cc1. The molecule has 0 radical (unpaired) electrons. The van der Waals surface area contributed by atoms with Crippen LogP contribution in [0.1, 0.15) is 12.0 Å². The minimum Gasteiger partial charge on any atom is -0.493 e.